The minimum absolute atomic E-state index is 0.115. The number of terminal acetylenes is 1. The summed E-state index contributed by atoms with van der Waals surface area (Å²) in [5, 5.41) is 0. The van der Waals surface area contributed by atoms with E-state index in [-0.39, 0.29) is 29.0 Å². The Morgan fingerprint density at radius 2 is 1.58 bits per heavy atom. The molecule has 38 heavy (non-hydrogen) atoms. The van der Waals surface area contributed by atoms with Crippen molar-refractivity contribution < 1.29 is 19.1 Å². The fraction of sp³-hybridized carbons (Fsp3) is 0.515. The van der Waals surface area contributed by atoms with Gasteiger partial charge in [0.05, 0.1) is 6.61 Å². The van der Waals surface area contributed by atoms with Gasteiger partial charge in [-0.15, -0.1) is 13.0 Å². The molecule has 0 aromatic heterocycles. The van der Waals surface area contributed by atoms with Gasteiger partial charge in [0.25, 0.3) is 0 Å². The fourth-order valence-electron chi connectivity index (χ4n) is 6.46. The molecule has 2 aliphatic carbocycles. The summed E-state index contributed by atoms with van der Waals surface area (Å²) < 4.78 is 12.0. The first kappa shape index (κ1) is 27.8. The van der Waals surface area contributed by atoms with E-state index >= 15 is 0 Å². The van der Waals surface area contributed by atoms with Crippen molar-refractivity contribution in [3.63, 3.8) is 0 Å². The summed E-state index contributed by atoms with van der Waals surface area (Å²) in [6.45, 7) is 17.9. The number of benzene rings is 1. The van der Waals surface area contributed by atoms with Crippen LogP contribution in [0.25, 0.3) is 0 Å². The van der Waals surface area contributed by atoms with E-state index in [1.807, 2.05) is 19.1 Å². The largest absolute Gasteiger partial charge is 0.490 e. The lowest BCUT2D eigenvalue weighted by atomic mass is 9.63. The van der Waals surface area contributed by atoms with Crippen molar-refractivity contribution >= 4 is 11.6 Å². The Bertz CT molecular complexity index is 1220. The second-order valence-electron chi connectivity index (χ2n) is 12.2. The predicted molar refractivity (Wildman–Crippen MR) is 151 cm³/mol. The van der Waals surface area contributed by atoms with Crippen LogP contribution in [-0.2, 0) is 16.0 Å². The van der Waals surface area contributed by atoms with Crippen LogP contribution in [-0.4, -0.2) is 36.2 Å². The van der Waals surface area contributed by atoms with Gasteiger partial charge in [-0.1, -0.05) is 45.8 Å². The number of nitrogens with zero attached hydrogens (tertiary/aromatic N) is 1. The van der Waals surface area contributed by atoms with Gasteiger partial charge in [0.2, 0.25) is 0 Å². The van der Waals surface area contributed by atoms with Crippen LogP contribution in [0, 0.1) is 23.2 Å². The van der Waals surface area contributed by atoms with Crippen LogP contribution in [0.3, 0.4) is 0 Å². The highest BCUT2D eigenvalue weighted by Crippen LogP contribution is 2.55. The highest BCUT2D eigenvalue weighted by Gasteiger charge is 2.48. The number of carbonyl (C=O) groups is 2. The van der Waals surface area contributed by atoms with E-state index in [0.29, 0.717) is 37.4 Å². The monoisotopic (exact) mass is 515 g/mol. The summed E-state index contributed by atoms with van der Waals surface area (Å²) in [4.78, 5) is 30.1. The van der Waals surface area contributed by atoms with E-state index in [0.717, 1.165) is 53.1 Å². The Balaban J connectivity index is 2.02. The Hall–Kier alpha value is -3.26. The number of ether oxygens (including phenoxy) is 2. The minimum atomic E-state index is -0.431. The first-order valence-corrected chi connectivity index (χ1v) is 13.7. The van der Waals surface area contributed by atoms with Crippen LogP contribution >= 0.6 is 0 Å². The fourth-order valence-corrected chi connectivity index (χ4v) is 6.46. The average molecular weight is 516 g/mol. The summed E-state index contributed by atoms with van der Waals surface area (Å²) in [6, 6.07) is 4.00. The lowest BCUT2D eigenvalue weighted by molar-refractivity contribution is -0.119. The zero-order chi connectivity index (χ0) is 27.8. The highest BCUT2D eigenvalue weighted by atomic mass is 16.5. The molecule has 0 spiro atoms. The van der Waals surface area contributed by atoms with E-state index < -0.39 is 5.92 Å². The number of hydrogen-bond donors (Lipinski definition) is 0. The van der Waals surface area contributed by atoms with Gasteiger partial charge in [-0.05, 0) is 55.6 Å². The van der Waals surface area contributed by atoms with Crippen molar-refractivity contribution in [1.29, 1.82) is 0 Å². The molecule has 3 aliphatic rings. The van der Waals surface area contributed by atoms with E-state index in [2.05, 4.69) is 58.1 Å². The zero-order valence-electron chi connectivity index (χ0n) is 23.8. The third-order valence-electron chi connectivity index (χ3n) is 7.79. The van der Waals surface area contributed by atoms with Crippen LogP contribution in [0.5, 0.6) is 11.5 Å². The smallest absolute Gasteiger partial charge is 0.166 e. The standard InChI is InChI=1S/C33H41NO4/c1-9-13-21-15-22(16-27(37-12-4)31(21)38-14-10-2)28-29-23(17-32(5,6)19-25(29)35)34(11-3)24-18-33(7,8)20-26(36)30(24)28/h2,9,15-16,28H,1,11-14,17-20H2,3-8H3. The first-order valence-electron chi connectivity index (χ1n) is 13.7. The lowest BCUT2D eigenvalue weighted by Crippen LogP contribution is -2.44. The molecule has 1 aromatic carbocycles. The van der Waals surface area contributed by atoms with Gasteiger partial charge < -0.3 is 14.4 Å². The average Bonchev–Trinajstić information content (AvgIpc) is 2.81. The molecule has 0 atom stereocenters. The molecular weight excluding hydrogens is 474 g/mol. The molecule has 1 aliphatic heterocycles. The first-order chi connectivity index (χ1) is 18.0. The van der Waals surface area contributed by atoms with Gasteiger partial charge >= 0.3 is 0 Å². The maximum atomic E-state index is 13.9. The van der Waals surface area contributed by atoms with Crippen LogP contribution in [0.1, 0.15) is 84.3 Å². The van der Waals surface area contributed by atoms with Gasteiger partial charge in [0.15, 0.2) is 23.1 Å². The molecule has 4 rings (SSSR count). The van der Waals surface area contributed by atoms with Crippen molar-refractivity contribution in [3.05, 3.63) is 58.5 Å². The van der Waals surface area contributed by atoms with Crippen molar-refractivity contribution in [2.24, 2.45) is 10.8 Å². The molecule has 5 heteroatoms. The Labute approximate surface area is 228 Å². The van der Waals surface area contributed by atoms with Gasteiger partial charge in [0.1, 0.15) is 6.61 Å². The molecule has 0 saturated heterocycles. The minimum Gasteiger partial charge on any atom is -0.490 e. The Morgan fingerprint density at radius 1 is 1.00 bits per heavy atom. The molecule has 0 unspecified atom stereocenters. The number of allylic oxidation sites excluding steroid dienone is 5. The summed E-state index contributed by atoms with van der Waals surface area (Å²) in [5.41, 5.74) is 5.15. The van der Waals surface area contributed by atoms with Crippen molar-refractivity contribution in [2.75, 3.05) is 19.8 Å². The molecular formula is C33H41NO4. The van der Waals surface area contributed by atoms with Crippen LogP contribution in [0.2, 0.25) is 0 Å². The lowest BCUT2D eigenvalue weighted by Gasteiger charge is -2.49. The third kappa shape index (κ3) is 5.06. The third-order valence-corrected chi connectivity index (χ3v) is 7.79. The van der Waals surface area contributed by atoms with Crippen LogP contribution < -0.4 is 9.47 Å². The van der Waals surface area contributed by atoms with Crippen LogP contribution in [0.4, 0.5) is 0 Å². The number of ketones is 2. The van der Waals surface area contributed by atoms with Crippen molar-refractivity contribution in [2.45, 2.75) is 79.6 Å². The second kappa shape index (κ2) is 10.5. The topological polar surface area (TPSA) is 55.8 Å². The molecule has 202 valence electrons. The zero-order valence-corrected chi connectivity index (χ0v) is 23.8. The van der Waals surface area contributed by atoms with E-state index in [4.69, 9.17) is 15.9 Å². The van der Waals surface area contributed by atoms with Gasteiger partial charge in [0, 0.05) is 53.4 Å². The van der Waals surface area contributed by atoms with Gasteiger partial charge in [-0.2, -0.15) is 0 Å². The SMILES string of the molecule is C#CCOc1c(CC=C)cc(C2C3=C(CC(C)(C)CC3=O)N(CC)C3=C2C(=O)CC(C)(C)C3)cc1OCC. The van der Waals surface area contributed by atoms with E-state index in [1.165, 1.54) is 0 Å². The molecule has 1 aromatic rings. The maximum absolute atomic E-state index is 13.9. The molecule has 0 bridgehead atoms. The van der Waals surface area contributed by atoms with E-state index in [1.54, 1.807) is 0 Å². The van der Waals surface area contributed by atoms with E-state index in [9.17, 15) is 9.59 Å². The second-order valence-corrected chi connectivity index (χ2v) is 12.2. The molecule has 0 amide bonds. The highest BCUT2D eigenvalue weighted by molar-refractivity contribution is 6.06. The molecule has 0 N–H and O–H groups in total. The number of hydrogen-bond acceptors (Lipinski definition) is 5. The van der Waals surface area contributed by atoms with Crippen molar-refractivity contribution in [1.82, 2.24) is 4.90 Å². The van der Waals surface area contributed by atoms with Crippen LogP contribution in [0.15, 0.2) is 47.3 Å². The number of rotatable bonds is 8. The summed E-state index contributed by atoms with van der Waals surface area (Å²) in [7, 11) is 0. The normalized spacial score (nSPS) is 20.6. The summed E-state index contributed by atoms with van der Waals surface area (Å²) in [6.07, 6.45) is 10.4. The summed E-state index contributed by atoms with van der Waals surface area (Å²) >= 11 is 0. The van der Waals surface area contributed by atoms with Gasteiger partial charge in [-0.25, -0.2) is 0 Å². The summed E-state index contributed by atoms with van der Waals surface area (Å²) in [5.74, 6) is 3.52. The predicted octanol–water partition coefficient (Wildman–Crippen LogP) is 6.53. The molecule has 1 heterocycles. The molecule has 0 fully saturated rings. The number of carbonyl (C=O) groups excluding carboxylic acids is 2. The van der Waals surface area contributed by atoms with Gasteiger partial charge in [-0.3, -0.25) is 9.59 Å². The Kier molecular flexibility index (Phi) is 7.66. The molecule has 0 radical (unpaired) electrons. The number of Topliss-reactive ketones (excluding diaryl/α,β-unsaturated/α-hetero) is 2. The van der Waals surface area contributed by atoms with Crippen molar-refractivity contribution in [3.8, 4) is 23.8 Å². The Morgan fingerprint density at radius 3 is 2.05 bits per heavy atom. The molecule has 5 nitrogen and oxygen atoms in total. The maximum Gasteiger partial charge on any atom is 0.166 e. The molecule has 0 saturated carbocycles. The quantitative estimate of drug-likeness (QED) is 0.291.